The van der Waals surface area contributed by atoms with E-state index >= 15 is 0 Å². The lowest BCUT2D eigenvalue weighted by atomic mass is 9.79. The normalized spacial score (nSPS) is 19.6. The predicted octanol–water partition coefficient (Wildman–Crippen LogP) is 3.78. The summed E-state index contributed by atoms with van der Waals surface area (Å²) in [6.45, 7) is 7.34. The van der Waals surface area contributed by atoms with Crippen LogP contribution in [-0.2, 0) is 11.0 Å². The van der Waals surface area contributed by atoms with Crippen LogP contribution in [0.25, 0.3) is 22.3 Å². The number of hydrogen-bond acceptors (Lipinski definition) is 5. The Hall–Kier alpha value is -3.47. The Morgan fingerprint density at radius 3 is 2.47 bits per heavy atom. The van der Waals surface area contributed by atoms with E-state index < -0.39 is 23.5 Å². The van der Waals surface area contributed by atoms with E-state index in [-0.39, 0.29) is 24.5 Å². The van der Waals surface area contributed by atoms with Crippen molar-refractivity contribution >= 4 is 22.6 Å². The molecule has 6 rings (SSSR count). The third-order valence-electron chi connectivity index (χ3n) is 7.50. The molecule has 0 radical (unpaired) electrons. The van der Waals surface area contributed by atoms with E-state index in [0.29, 0.717) is 16.8 Å². The van der Waals surface area contributed by atoms with Crippen LogP contribution >= 0.6 is 0 Å². The summed E-state index contributed by atoms with van der Waals surface area (Å²) in [6, 6.07) is 6.58. The highest BCUT2D eigenvalue weighted by Gasteiger charge is 2.46. The molecule has 3 fully saturated rings. The number of benzene rings is 1. The van der Waals surface area contributed by atoms with E-state index in [9.17, 15) is 22.4 Å². The summed E-state index contributed by atoms with van der Waals surface area (Å²) in [7, 11) is 0. The zero-order valence-corrected chi connectivity index (χ0v) is 19.4. The van der Waals surface area contributed by atoms with Gasteiger partial charge in [-0.25, -0.2) is 4.39 Å². The lowest BCUT2D eigenvalue weighted by molar-refractivity contribution is -0.137. The van der Waals surface area contributed by atoms with Gasteiger partial charge < -0.3 is 15.1 Å². The van der Waals surface area contributed by atoms with Crippen LogP contribution in [0.5, 0.6) is 0 Å². The molecule has 3 aliphatic rings. The molecule has 3 aliphatic heterocycles. The number of alkyl halides is 3. The van der Waals surface area contributed by atoms with E-state index in [2.05, 4.69) is 21.8 Å². The number of amides is 1. The van der Waals surface area contributed by atoms with Gasteiger partial charge in [0.1, 0.15) is 16.7 Å². The Morgan fingerprint density at radius 2 is 1.86 bits per heavy atom. The third-order valence-corrected chi connectivity index (χ3v) is 7.50. The summed E-state index contributed by atoms with van der Waals surface area (Å²) < 4.78 is 54.5. The van der Waals surface area contributed by atoms with Crippen LogP contribution < -0.4 is 10.2 Å². The molecule has 0 saturated carbocycles. The molecule has 1 aromatic carbocycles. The summed E-state index contributed by atoms with van der Waals surface area (Å²) >= 11 is 0. The van der Waals surface area contributed by atoms with Crippen LogP contribution in [0, 0.1) is 5.41 Å². The van der Waals surface area contributed by atoms with Crippen LogP contribution in [-0.4, -0.2) is 64.8 Å². The monoisotopic (exact) mass is 500 g/mol. The Balaban J connectivity index is 1.40. The maximum atomic E-state index is 13.3. The Labute approximate surface area is 204 Å². The molecule has 5 heterocycles. The number of rotatable bonds is 4. The third kappa shape index (κ3) is 3.64. The number of halogens is 4. The van der Waals surface area contributed by atoms with E-state index in [1.54, 1.807) is 10.9 Å². The van der Waals surface area contributed by atoms with Crippen molar-refractivity contribution < 1.29 is 22.4 Å². The fourth-order valence-corrected chi connectivity index (χ4v) is 5.53. The average molecular weight is 501 g/mol. The molecule has 36 heavy (non-hydrogen) atoms. The minimum Gasteiger partial charge on any atom is -0.368 e. The van der Waals surface area contributed by atoms with E-state index in [0.717, 1.165) is 55.9 Å². The first-order valence-electron chi connectivity index (χ1n) is 11.8. The second kappa shape index (κ2) is 8.02. The zero-order valence-electron chi connectivity index (χ0n) is 19.4. The average Bonchev–Trinajstić information content (AvgIpc) is 3.42. The molecular formula is C25H24F4N6O. The largest absolute Gasteiger partial charge is 0.416 e. The molecule has 0 bridgehead atoms. The molecule has 188 valence electrons. The summed E-state index contributed by atoms with van der Waals surface area (Å²) in [5.74, 6) is -1.76. The molecule has 1 spiro atoms. The number of nitrogens with one attached hydrogen (secondary N) is 1. The van der Waals surface area contributed by atoms with Crippen LogP contribution in [0.1, 0.15) is 18.0 Å². The molecule has 3 aromatic rings. The van der Waals surface area contributed by atoms with Gasteiger partial charge in [0.05, 0.1) is 17.3 Å². The number of carbonyl (C=O) groups excluding carboxylic acids is 1. The van der Waals surface area contributed by atoms with E-state index in [1.807, 2.05) is 6.07 Å². The van der Waals surface area contributed by atoms with Gasteiger partial charge in [-0.1, -0.05) is 18.7 Å². The maximum Gasteiger partial charge on any atom is 0.416 e. The molecule has 3 saturated heterocycles. The topological polar surface area (TPSA) is 66.3 Å². The summed E-state index contributed by atoms with van der Waals surface area (Å²) in [6.07, 6.45) is -1.63. The number of pyridine rings is 1. The van der Waals surface area contributed by atoms with E-state index in [1.165, 1.54) is 17.0 Å². The number of carbonyl (C=O) groups is 1. The van der Waals surface area contributed by atoms with Gasteiger partial charge in [-0.3, -0.25) is 14.5 Å². The van der Waals surface area contributed by atoms with Crippen LogP contribution in [0.4, 0.5) is 23.2 Å². The first kappa shape index (κ1) is 23.0. The minimum atomic E-state index is -4.43. The van der Waals surface area contributed by atoms with Gasteiger partial charge >= 0.3 is 6.18 Å². The highest BCUT2D eigenvalue weighted by atomic mass is 19.4. The van der Waals surface area contributed by atoms with Crippen molar-refractivity contribution in [1.82, 2.24) is 25.0 Å². The van der Waals surface area contributed by atoms with Gasteiger partial charge in [0.2, 0.25) is 0 Å². The molecule has 2 aromatic heterocycles. The van der Waals surface area contributed by atoms with Crippen molar-refractivity contribution in [3.63, 3.8) is 0 Å². The first-order valence-corrected chi connectivity index (χ1v) is 11.8. The van der Waals surface area contributed by atoms with Crippen LogP contribution in [0.15, 0.2) is 48.9 Å². The van der Waals surface area contributed by atoms with Gasteiger partial charge in [0.25, 0.3) is 5.91 Å². The van der Waals surface area contributed by atoms with Gasteiger partial charge in [0.15, 0.2) is 5.83 Å². The smallest absolute Gasteiger partial charge is 0.368 e. The fraction of sp³-hybridized carbons (Fsp3) is 0.400. The highest BCUT2D eigenvalue weighted by molar-refractivity contribution is 5.98. The molecule has 1 N–H and O–H groups in total. The highest BCUT2D eigenvalue weighted by Crippen LogP contribution is 2.43. The van der Waals surface area contributed by atoms with Crippen molar-refractivity contribution in [1.29, 1.82) is 0 Å². The van der Waals surface area contributed by atoms with Crippen molar-refractivity contribution in [3.8, 4) is 11.3 Å². The second-order valence-electron chi connectivity index (χ2n) is 9.95. The molecule has 7 nitrogen and oxygen atoms in total. The second-order valence-corrected chi connectivity index (χ2v) is 9.95. The van der Waals surface area contributed by atoms with Gasteiger partial charge in [-0.05, 0) is 31.2 Å². The predicted molar refractivity (Wildman–Crippen MR) is 126 cm³/mol. The van der Waals surface area contributed by atoms with Crippen molar-refractivity contribution in [2.24, 2.45) is 5.41 Å². The molecule has 0 aliphatic carbocycles. The summed E-state index contributed by atoms with van der Waals surface area (Å²) in [4.78, 5) is 20.2. The summed E-state index contributed by atoms with van der Waals surface area (Å²) in [5.41, 5.74) is 2.79. The number of nitrogens with zero attached hydrogens (tertiary/aromatic N) is 5. The Kier molecular flexibility index (Phi) is 5.12. The van der Waals surface area contributed by atoms with Gasteiger partial charge in [0, 0.05) is 49.9 Å². The van der Waals surface area contributed by atoms with Gasteiger partial charge in [-0.2, -0.15) is 18.3 Å². The number of aromatic nitrogens is 3. The fourth-order valence-electron chi connectivity index (χ4n) is 5.53. The van der Waals surface area contributed by atoms with Crippen molar-refractivity contribution in [2.75, 3.05) is 44.2 Å². The number of anilines is 1. The molecule has 0 atom stereocenters. The number of fused-ring (bicyclic) bond motifs is 1. The van der Waals surface area contributed by atoms with Gasteiger partial charge in [-0.15, -0.1) is 0 Å². The Morgan fingerprint density at radius 1 is 1.14 bits per heavy atom. The quantitative estimate of drug-likeness (QED) is 0.436. The summed E-state index contributed by atoms with van der Waals surface area (Å²) in [5, 5.41) is 8.21. The molecule has 11 heteroatoms. The molecule has 1 amide bonds. The van der Waals surface area contributed by atoms with E-state index in [4.69, 9.17) is 5.10 Å². The standard InChI is InChI=1S/C25H24F4N6O/c1-15(26)23(36)33-10-18(11-33)35-22-19(34-13-24(14-34)7-9-30-12-24)6-8-31-21(22)20(32-35)16-2-4-17(5-3-16)25(27,28)29/h2-6,8,18,30H,1,7,9-14H2. The van der Waals surface area contributed by atoms with Crippen LogP contribution in [0.2, 0.25) is 0 Å². The van der Waals surface area contributed by atoms with Crippen molar-refractivity contribution in [3.05, 3.63) is 54.5 Å². The lowest BCUT2D eigenvalue weighted by Crippen LogP contribution is -2.57. The minimum absolute atomic E-state index is 0.217. The number of hydrogen-bond donors (Lipinski definition) is 1. The maximum absolute atomic E-state index is 13.3. The molecular weight excluding hydrogens is 476 g/mol. The Bertz CT molecular complexity index is 1350. The van der Waals surface area contributed by atoms with Crippen molar-refractivity contribution in [2.45, 2.75) is 18.6 Å². The molecule has 0 unspecified atom stereocenters. The lowest BCUT2D eigenvalue weighted by Gasteiger charge is -2.49. The SMILES string of the molecule is C=C(F)C(=O)N1CC(n2nc(-c3ccc(C(F)(F)F)cc3)c3nccc(N4CC5(CCNC5)C4)c32)C1. The number of likely N-dealkylation sites (tertiary alicyclic amines) is 1. The zero-order chi connectivity index (χ0) is 25.2. The van der Waals surface area contributed by atoms with Crippen LogP contribution in [0.3, 0.4) is 0 Å². The first-order chi connectivity index (χ1) is 17.2.